The van der Waals surface area contributed by atoms with Gasteiger partial charge >= 0.3 is 0 Å². The zero-order chi connectivity index (χ0) is 17.3. The molecule has 0 bridgehead atoms. The number of hydrogen-bond acceptors (Lipinski definition) is 2. The zero-order valence-electron chi connectivity index (χ0n) is 14.2. The molecule has 0 atom stereocenters. The van der Waals surface area contributed by atoms with Crippen LogP contribution in [0.15, 0.2) is 91.0 Å². The molecule has 0 spiro atoms. The molecule has 0 N–H and O–H groups in total. The molecule has 0 fully saturated rings. The van der Waals surface area contributed by atoms with Gasteiger partial charge in [0.25, 0.3) is 0 Å². The second-order valence-electron chi connectivity index (χ2n) is 6.44. The van der Waals surface area contributed by atoms with Crippen molar-refractivity contribution in [1.82, 2.24) is 15.0 Å². The van der Waals surface area contributed by atoms with E-state index in [0.29, 0.717) is 6.54 Å². The van der Waals surface area contributed by atoms with Gasteiger partial charge in [0.05, 0.1) is 12.1 Å². The summed E-state index contributed by atoms with van der Waals surface area (Å²) in [6, 6.07) is 31.5. The molecule has 3 nitrogen and oxygen atoms in total. The lowest BCUT2D eigenvalue weighted by atomic mass is 9.97. The number of fused-ring (bicyclic) bond motifs is 3. The molecule has 1 aromatic heterocycles. The molecule has 26 heavy (non-hydrogen) atoms. The van der Waals surface area contributed by atoms with E-state index in [2.05, 4.69) is 89.2 Å². The summed E-state index contributed by atoms with van der Waals surface area (Å²) in [4.78, 5) is 0. The van der Waals surface area contributed by atoms with Crippen molar-refractivity contribution in [3.63, 3.8) is 0 Å². The van der Waals surface area contributed by atoms with E-state index in [1.54, 1.807) is 0 Å². The van der Waals surface area contributed by atoms with E-state index in [0.717, 1.165) is 11.0 Å². The smallest absolute Gasteiger partial charge is 0.114 e. The molecule has 124 valence electrons. The average Bonchev–Trinajstić information content (AvgIpc) is 3.12. The van der Waals surface area contributed by atoms with Crippen molar-refractivity contribution in [2.45, 2.75) is 6.54 Å². The average molecular weight is 335 g/mol. The van der Waals surface area contributed by atoms with Crippen molar-refractivity contribution < 1.29 is 0 Å². The Labute approximate surface area is 151 Å². The summed E-state index contributed by atoms with van der Waals surface area (Å²) in [5.74, 6) is 0. The molecule has 5 aromatic rings. The maximum absolute atomic E-state index is 4.46. The zero-order valence-corrected chi connectivity index (χ0v) is 14.2. The van der Waals surface area contributed by atoms with Crippen LogP contribution in [0.4, 0.5) is 0 Å². The first-order valence-corrected chi connectivity index (χ1v) is 8.74. The quantitative estimate of drug-likeness (QED) is 0.448. The fourth-order valence-corrected chi connectivity index (χ4v) is 3.56. The van der Waals surface area contributed by atoms with Gasteiger partial charge in [0.15, 0.2) is 0 Å². The van der Waals surface area contributed by atoms with E-state index in [-0.39, 0.29) is 0 Å². The Bertz CT molecular complexity index is 1190. The minimum atomic E-state index is 0.714. The molecule has 0 aliphatic heterocycles. The highest BCUT2D eigenvalue weighted by Gasteiger charge is 2.13. The van der Waals surface area contributed by atoms with E-state index in [9.17, 15) is 0 Å². The van der Waals surface area contributed by atoms with E-state index in [1.807, 2.05) is 16.8 Å². The lowest BCUT2D eigenvalue weighted by molar-refractivity contribution is 0.671. The fourth-order valence-electron chi connectivity index (χ4n) is 3.56. The van der Waals surface area contributed by atoms with Crippen molar-refractivity contribution in [1.29, 1.82) is 0 Å². The predicted molar refractivity (Wildman–Crippen MR) is 106 cm³/mol. The number of nitrogens with zero attached hydrogens (tertiary/aromatic N) is 3. The van der Waals surface area contributed by atoms with Crippen LogP contribution in [0.25, 0.3) is 32.9 Å². The maximum atomic E-state index is 4.46. The lowest BCUT2D eigenvalue weighted by Gasteiger charge is -2.10. The summed E-state index contributed by atoms with van der Waals surface area (Å²) in [6.45, 7) is 0.714. The minimum Gasteiger partial charge on any atom is -0.240 e. The van der Waals surface area contributed by atoms with E-state index < -0.39 is 0 Å². The van der Waals surface area contributed by atoms with Gasteiger partial charge in [-0.2, -0.15) is 0 Å². The predicted octanol–water partition coefficient (Wildman–Crippen LogP) is 5.30. The standard InChI is InChI=1S/C23H17N3/c1-3-9-17(10-4-1)16-26-23-20-14-8-7-13-19(20)21(15-22(23)24-25-26)18-11-5-2-6-12-18/h1-15H,16H2. The van der Waals surface area contributed by atoms with Crippen molar-refractivity contribution in [3.8, 4) is 11.1 Å². The summed E-state index contributed by atoms with van der Waals surface area (Å²) in [6.07, 6.45) is 0. The highest BCUT2D eigenvalue weighted by molar-refractivity contribution is 6.11. The van der Waals surface area contributed by atoms with Crippen molar-refractivity contribution in [3.05, 3.63) is 96.6 Å². The van der Waals surface area contributed by atoms with Gasteiger partial charge in [-0.1, -0.05) is 90.1 Å². The molecule has 0 aliphatic rings. The SMILES string of the molecule is c1ccc(Cn2nnc3cc(-c4ccccc4)c4ccccc4c32)cc1. The second kappa shape index (κ2) is 6.12. The first kappa shape index (κ1) is 14.8. The molecule has 0 aliphatic carbocycles. The summed E-state index contributed by atoms with van der Waals surface area (Å²) >= 11 is 0. The van der Waals surface area contributed by atoms with Gasteiger partial charge in [-0.05, 0) is 28.1 Å². The van der Waals surface area contributed by atoms with Gasteiger partial charge in [-0.25, -0.2) is 4.68 Å². The molecule has 1 heterocycles. The summed E-state index contributed by atoms with van der Waals surface area (Å²) in [5, 5.41) is 11.3. The van der Waals surface area contributed by atoms with Gasteiger partial charge in [0.2, 0.25) is 0 Å². The Balaban J connectivity index is 1.76. The van der Waals surface area contributed by atoms with Crippen LogP contribution in [-0.4, -0.2) is 15.0 Å². The minimum absolute atomic E-state index is 0.714. The maximum Gasteiger partial charge on any atom is 0.114 e. The normalized spacial score (nSPS) is 11.2. The van der Waals surface area contributed by atoms with Crippen LogP contribution in [0.3, 0.4) is 0 Å². The third-order valence-electron chi connectivity index (χ3n) is 4.77. The van der Waals surface area contributed by atoms with Gasteiger partial charge in [0, 0.05) is 5.39 Å². The van der Waals surface area contributed by atoms with Crippen molar-refractivity contribution >= 4 is 21.8 Å². The molecule has 0 saturated heterocycles. The molecular weight excluding hydrogens is 318 g/mol. The Hall–Kier alpha value is -3.46. The highest BCUT2D eigenvalue weighted by Crippen LogP contribution is 2.34. The largest absolute Gasteiger partial charge is 0.240 e. The van der Waals surface area contributed by atoms with Crippen LogP contribution in [-0.2, 0) is 6.54 Å². The van der Waals surface area contributed by atoms with E-state index >= 15 is 0 Å². The van der Waals surface area contributed by atoms with Crippen molar-refractivity contribution in [2.24, 2.45) is 0 Å². The van der Waals surface area contributed by atoms with Gasteiger partial charge in [0.1, 0.15) is 5.52 Å². The molecule has 0 unspecified atom stereocenters. The summed E-state index contributed by atoms with van der Waals surface area (Å²) < 4.78 is 2.00. The molecule has 0 saturated carbocycles. The Morgan fingerprint density at radius 3 is 2.12 bits per heavy atom. The Morgan fingerprint density at radius 1 is 0.692 bits per heavy atom. The van der Waals surface area contributed by atoms with Gasteiger partial charge < -0.3 is 0 Å². The van der Waals surface area contributed by atoms with Crippen LogP contribution >= 0.6 is 0 Å². The van der Waals surface area contributed by atoms with Crippen LogP contribution < -0.4 is 0 Å². The third kappa shape index (κ3) is 2.45. The van der Waals surface area contributed by atoms with Crippen LogP contribution in [0.5, 0.6) is 0 Å². The van der Waals surface area contributed by atoms with E-state index in [4.69, 9.17) is 0 Å². The molecule has 5 rings (SSSR count). The first-order valence-electron chi connectivity index (χ1n) is 8.74. The third-order valence-corrected chi connectivity index (χ3v) is 4.77. The van der Waals surface area contributed by atoms with Crippen LogP contribution in [0.1, 0.15) is 5.56 Å². The number of benzene rings is 4. The van der Waals surface area contributed by atoms with E-state index in [1.165, 1.54) is 27.5 Å². The van der Waals surface area contributed by atoms with Gasteiger partial charge in [-0.15, -0.1) is 5.10 Å². The van der Waals surface area contributed by atoms with Crippen LogP contribution in [0, 0.1) is 0 Å². The number of aromatic nitrogens is 3. The molecule has 0 radical (unpaired) electrons. The number of hydrogen-bond donors (Lipinski definition) is 0. The lowest BCUT2D eigenvalue weighted by Crippen LogP contribution is -2.02. The van der Waals surface area contributed by atoms with Crippen molar-refractivity contribution in [2.75, 3.05) is 0 Å². The summed E-state index contributed by atoms with van der Waals surface area (Å²) in [5.41, 5.74) is 5.63. The number of rotatable bonds is 3. The molecule has 4 aromatic carbocycles. The van der Waals surface area contributed by atoms with Crippen LogP contribution in [0.2, 0.25) is 0 Å². The second-order valence-corrected chi connectivity index (χ2v) is 6.44. The molecular formula is C23H17N3. The Morgan fingerprint density at radius 2 is 1.35 bits per heavy atom. The van der Waals surface area contributed by atoms with Gasteiger partial charge in [-0.3, -0.25) is 0 Å². The Kier molecular flexibility index (Phi) is 3.49. The molecule has 0 amide bonds. The molecule has 3 heteroatoms. The topological polar surface area (TPSA) is 30.7 Å². The monoisotopic (exact) mass is 335 g/mol. The highest BCUT2D eigenvalue weighted by atomic mass is 15.4. The summed E-state index contributed by atoms with van der Waals surface area (Å²) in [7, 11) is 0. The fraction of sp³-hybridized carbons (Fsp3) is 0.0435. The first-order chi connectivity index (χ1) is 12.9.